The van der Waals surface area contributed by atoms with Crippen molar-refractivity contribution in [3.05, 3.63) is 56.7 Å². The Morgan fingerprint density at radius 2 is 2.06 bits per heavy atom. The van der Waals surface area contributed by atoms with Crippen LogP contribution in [0.3, 0.4) is 0 Å². The van der Waals surface area contributed by atoms with Crippen LogP contribution in [0.1, 0.15) is 11.5 Å². The van der Waals surface area contributed by atoms with Crippen molar-refractivity contribution in [3.63, 3.8) is 0 Å². The van der Waals surface area contributed by atoms with Gasteiger partial charge in [0.2, 0.25) is 0 Å². The van der Waals surface area contributed by atoms with Gasteiger partial charge in [-0.1, -0.05) is 18.2 Å². The molecule has 1 aromatic carbocycles. The van der Waals surface area contributed by atoms with E-state index in [9.17, 15) is 4.79 Å². The number of hydrogen-bond donors (Lipinski definition) is 1. The molecule has 0 amide bonds. The zero-order valence-corrected chi connectivity index (χ0v) is 10.8. The van der Waals surface area contributed by atoms with Gasteiger partial charge in [0.1, 0.15) is 22.7 Å². The molecule has 17 heavy (non-hydrogen) atoms. The second-order valence-electron chi connectivity index (χ2n) is 3.51. The molecule has 0 aliphatic rings. The molecule has 0 bridgehead atoms. The highest BCUT2D eigenvalue weighted by Crippen LogP contribution is 2.11. The molecule has 0 aliphatic carbocycles. The van der Waals surface area contributed by atoms with E-state index in [4.69, 9.17) is 4.74 Å². The molecule has 0 saturated heterocycles. The lowest BCUT2D eigenvalue weighted by Crippen LogP contribution is -2.15. The molecule has 88 valence electrons. The lowest BCUT2D eigenvalue weighted by Gasteiger charge is -2.06. The van der Waals surface area contributed by atoms with E-state index in [0.717, 1.165) is 5.75 Å². The number of para-hydroxylation sites is 1. The fourth-order valence-corrected chi connectivity index (χ4v) is 1.55. The van der Waals surface area contributed by atoms with E-state index in [2.05, 4.69) is 25.9 Å². The van der Waals surface area contributed by atoms with E-state index in [-0.39, 0.29) is 12.2 Å². The standard InChI is InChI=1S/C12H11BrN2O2/c1-8-11(13)12(16)15-10(14-8)7-17-9-5-3-2-4-6-9/h2-6H,7H2,1H3,(H,14,15,16). The summed E-state index contributed by atoms with van der Waals surface area (Å²) in [4.78, 5) is 18.3. The molecule has 0 atom stereocenters. The summed E-state index contributed by atoms with van der Waals surface area (Å²) in [6, 6.07) is 9.39. The Hall–Kier alpha value is -1.62. The van der Waals surface area contributed by atoms with Crippen LogP contribution in [0.4, 0.5) is 0 Å². The summed E-state index contributed by atoms with van der Waals surface area (Å²) < 4.78 is 5.95. The number of ether oxygens (including phenoxy) is 1. The lowest BCUT2D eigenvalue weighted by atomic mass is 10.3. The van der Waals surface area contributed by atoms with Crippen LogP contribution in [-0.4, -0.2) is 9.97 Å². The summed E-state index contributed by atoms with van der Waals surface area (Å²) in [7, 11) is 0. The third-order valence-corrected chi connectivity index (χ3v) is 3.13. The van der Waals surface area contributed by atoms with E-state index >= 15 is 0 Å². The van der Waals surface area contributed by atoms with Gasteiger partial charge >= 0.3 is 0 Å². The van der Waals surface area contributed by atoms with E-state index in [1.807, 2.05) is 30.3 Å². The van der Waals surface area contributed by atoms with Gasteiger partial charge in [0.25, 0.3) is 5.56 Å². The smallest absolute Gasteiger partial charge is 0.265 e. The number of aromatic amines is 1. The Morgan fingerprint density at radius 3 is 2.71 bits per heavy atom. The van der Waals surface area contributed by atoms with E-state index in [1.54, 1.807) is 6.92 Å². The summed E-state index contributed by atoms with van der Waals surface area (Å²) in [5.74, 6) is 1.26. The van der Waals surface area contributed by atoms with Crippen molar-refractivity contribution in [2.24, 2.45) is 0 Å². The molecule has 2 aromatic rings. The van der Waals surface area contributed by atoms with Crippen molar-refractivity contribution in [1.82, 2.24) is 9.97 Å². The monoisotopic (exact) mass is 294 g/mol. The van der Waals surface area contributed by atoms with Gasteiger partial charge < -0.3 is 9.72 Å². The fourth-order valence-electron chi connectivity index (χ4n) is 1.37. The summed E-state index contributed by atoms with van der Waals surface area (Å²) in [5, 5.41) is 0. The molecule has 0 aliphatic heterocycles. The highest BCUT2D eigenvalue weighted by molar-refractivity contribution is 9.10. The number of H-pyrrole nitrogens is 1. The van der Waals surface area contributed by atoms with Gasteiger partial charge in [-0.2, -0.15) is 0 Å². The van der Waals surface area contributed by atoms with Crippen molar-refractivity contribution >= 4 is 15.9 Å². The maximum absolute atomic E-state index is 11.5. The molecule has 1 N–H and O–H groups in total. The average Bonchev–Trinajstić information content (AvgIpc) is 2.34. The van der Waals surface area contributed by atoms with Crippen LogP contribution >= 0.6 is 15.9 Å². The van der Waals surface area contributed by atoms with Crippen LogP contribution in [0.5, 0.6) is 5.75 Å². The van der Waals surface area contributed by atoms with E-state index < -0.39 is 0 Å². The highest BCUT2D eigenvalue weighted by atomic mass is 79.9. The maximum atomic E-state index is 11.5. The number of halogens is 1. The molecule has 0 fully saturated rings. The minimum Gasteiger partial charge on any atom is -0.486 e. The lowest BCUT2D eigenvalue weighted by molar-refractivity contribution is 0.295. The first-order valence-electron chi connectivity index (χ1n) is 5.10. The van der Waals surface area contributed by atoms with Crippen LogP contribution < -0.4 is 10.3 Å². The molecule has 1 aromatic heterocycles. The predicted octanol–water partition coefficient (Wildman–Crippen LogP) is 2.42. The van der Waals surface area contributed by atoms with Crippen molar-refractivity contribution in [3.8, 4) is 5.75 Å². The zero-order chi connectivity index (χ0) is 12.3. The molecule has 1 heterocycles. The van der Waals surface area contributed by atoms with Crippen molar-refractivity contribution < 1.29 is 4.74 Å². The molecule has 5 heteroatoms. The minimum atomic E-state index is -0.191. The van der Waals surface area contributed by atoms with Crippen LogP contribution in [0, 0.1) is 6.92 Å². The third kappa shape index (κ3) is 2.94. The third-order valence-electron chi connectivity index (χ3n) is 2.20. The first-order chi connectivity index (χ1) is 8.16. The van der Waals surface area contributed by atoms with E-state index in [0.29, 0.717) is 16.0 Å². The summed E-state index contributed by atoms with van der Waals surface area (Å²) >= 11 is 3.16. The molecular weight excluding hydrogens is 284 g/mol. The maximum Gasteiger partial charge on any atom is 0.265 e. The summed E-state index contributed by atoms with van der Waals surface area (Å²) in [6.07, 6.45) is 0. The highest BCUT2D eigenvalue weighted by Gasteiger charge is 2.05. The molecule has 4 nitrogen and oxygen atoms in total. The second kappa shape index (κ2) is 5.14. The fraction of sp³-hybridized carbons (Fsp3) is 0.167. The predicted molar refractivity (Wildman–Crippen MR) is 68.1 cm³/mol. The number of hydrogen-bond acceptors (Lipinski definition) is 3. The number of nitrogens with one attached hydrogen (secondary N) is 1. The Kier molecular flexibility index (Phi) is 3.58. The number of aromatic nitrogens is 2. The number of nitrogens with zero attached hydrogens (tertiary/aromatic N) is 1. The van der Waals surface area contributed by atoms with Gasteiger partial charge in [0.15, 0.2) is 0 Å². The zero-order valence-electron chi connectivity index (χ0n) is 9.24. The number of rotatable bonds is 3. The van der Waals surface area contributed by atoms with Crippen LogP contribution in [-0.2, 0) is 6.61 Å². The quantitative estimate of drug-likeness (QED) is 0.946. The normalized spacial score (nSPS) is 10.2. The van der Waals surface area contributed by atoms with Gasteiger partial charge in [-0.15, -0.1) is 0 Å². The Bertz CT molecular complexity index is 566. The van der Waals surface area contributed by atoms with Gasteiger partial charge in [-0.3, -0.25) is 4.79 Å². The van der Waals surface area contributed by atoms with Gasteiger partial charge in [0, 0.05) is 0 Å². The largest absolute Gasteiger partial charge is 0.486 e. The molecule has 2 rings (SSSR count). The number of benzene rings is 1. The molecular formula is C12H11BrN2O2. The topological polar surface area (TPSA) is 55.0 Å². The SMILES string of the molecule is Cc1nc(COc2ccccc2)[nH]c(=O)c1Br. The summed E-state index contributed by atoms with van der Waals surface area (Å²) in [5.41, 5.74) is 0.463. The number of aryl methyl sites for hydroxylation is 1. The van der Waals surface area contributed by atoms with Crippen LogP contribution in [0.15, 0.2) is 39.6 Å². The van der Waals surface area contributed by atoms with Crippen molar-refractivity contribution in [2.75, 3.05) is 0 Å². The Labute approximate surface area is 107 Å². The molecule has 0 saturated carbocycles. The minimum absolute atomic E-state index is 0.191. The van der Waals surface area contributed by atoms with Crippen molar-refractivity contribution in [1.29, 1.82) is 0 Å². The Balaban J connectivity index is 2.13. The summed E-state index contributed by atoms with van der Waals surface area (Å²) in [6.45, 7) is 2.01. The molecule has 0 radical (unpaired) electrons. The van der Waals surface area contributed by atoms with Crippen molar-refractivity contribution in [2.45, 2.75) is 13.5 Å². The Morgan fingerprint density at radius 1 is 1.35 bits per heavy atom. The first kappa shape index (κ1) is 11.9. The first-order valence-corrected chi connectivity index (χ1v) is 5.89. The van der Waals surface area contributed by atoms with Gasteiger partial charge in [-0.25, -0.2) is 4.98 Å². The molecule has 0 unspecified atom stereocenters. The van der Waals surface area contributed by atoms with Gasteiger partial charge in [-0.05, 0) is 35.0 Å². The average molecular weight is 295 g/mol. The second-order valence-corrected chi connectivity index (χ2v) is 4.31. The molecule has 0 spiro atoms. The van der Waals surface area contributed by atoms with E-state index in [1.165, 1.54) is 0 Å². The van der Waals surface area contributed by atoms with Crippen LogP contribution in [0.25, 0.3) is 0 Å². The van der Waals surface area contributed by atoms with Gasteiger partial charge in [0.05, 0.1) is 5.69 Å². The van der Waals surface area contributed by atoms with Crippen LogP contribution in [0.2, 0.25) is 0 Å².